The lowest BCUT2D eigenvalue weighted by molar-refractivity contribution is -0.122. The van der Waals surface area contributed by atoms with E-state index in [1.165, 1.54) is 6.07 Å². The number of aliphatic hydroxyl groups excluding tert-OH is 1. The van der Waals surface area contributed by atoms with E-state index in [4.69, 9.17) is 4.74 Å². The molecule has 1 fully saturated rings. The number of likely N-dealkylation sites (tertiary alicyclic amines) is 1. The minimum Gasteiger partial charge on any atom is -0.483 e. The largest absolute Gasteiger partial charge is 0.483 e. The molecular formula is C25H29FN4O3. The molecule has 174 valence electrons. The van der Waals surface area contributed by atoms with Gasteiger partial charge in [0.2, 0.25) is 0 Å². The van der Waals surface area contributed by atoms with Gasteiger partial charge in [-0.15, -0.1) is 0 Å². The maximum absolute atomic E-state index is 14.9. The monoisotopic (exact) mass is 452 g/mol. The smallest absolute Gasteiger partial charge is 0.262 e. The number of β-amino-alcohol motifs (C(OH)–C–C–N with tert-alkyl or cyclic N) is 1. The summed E-state index contributed by atoms with van der Waals surface area (Å²) in [4.78, 5) is 16.5. The summed E-state index contributed by atoms with van der Waals surface area (Å²) >= 11 is 0. The average molecular weight is 453 g/mol. The van der Waals surface area contributed by atoms with Crippen LogP contribution in [0.5, 0.6) is 5.75 Å². The molecule has 33 heavy (non-hydrogen) atoms. The van der Waals surface area contributed by atoms with Gasteiger partial charge in [-0.25, -0.2) is 9.82 Å². The van der Waals surface area contributed by atoms with Crippen molar-refractivity contribution < 1.29 is 19.0 Å². The van der Waals surface area contributed by atoms with Gasteiger partial charge in [0, 0.05) is 25.2 Å². The van der Waals surface area contributed by atoms with Crippen LogP contribution < -0.4 is 15.1 Å². The number of hydrogen-bond donors (Lipinski definition) is 2. The number of benzene rings is 2. The van der Waals surface area contributed by atoms with Crippen molar-refractivity contribution in [1.82, 2.24) is 10.3 Å². The van der Waals surface area contributed by atoms with E-state index in [9.17, 15) is 14.3 Å². The van der Waals surface area contributed by atoms with E-state index in [0.717, 1.165) is 29.9 Å². The number of hydrogen-bond acceptors (Lipinski definition) is 6. The summed E-state index contributed by atoms with van der Waals surface area (Å²) in [6.45, 7) is 8.98. The lowest BCUT2D eigenvalue weighted by Gasteiger charge is -2.52. The number of hydrazone groups is 1. The third-order valence-corrected chi connectivity index (χ3v) is 7.35. The van der Waals surface area contributed by atoms with Gasteiger partial charge in [0.25, 0.3) is 5.91 Å². The van der Waals surface area contributed by atoms with Gasteiger partial charge in [-0.2, -0.15) is 5.10 Å². The second-order valence-electron chi connectivity index (χ2n) is 9.54. The van der Waals surface area contributed by atoms with Gasteiger partial charge in [0.15, 0.2) is 5.84 Å². The Kier molecular flexibility index (Phi) is 5.37. The number of nitrogens with zero attached hydrogens (tertiary/aromatic N) is 3. The Hall–Kier alpha value is -2.97. The van der Waals surface area contributed by atoms with Crippen LogP contribution in [0.15, 0.2) is 41.5 Å². The first kappa shape index (κ1) is 21.9. The maximum atomic E-state index is 14.9. The summed E-state index contributed by atoms with van der Waals surface area (Å²) in [5.74, 6) is 0.908. The van der Waals surface area contributed by atoms with Gasteiger partial charge < -0.3 is 14.7 Å². The normalized spacial score (nSPS) is 22.3. The van der Waals surface area contributed by atoms with Crippen LogP contribution in [-0.2, 0) is 4.79 Å². The highest BCUT2D eigenvalue weighted by Gasteiger charge is 2.45. The molecule has 1 saturated heterocycles. The molecule has 0 radical (unpaired) electrons. The van der Waals surface area contributed by atoms with Crippen molar-refractivity contribution in [3.63, 3.8) is 0 Å². The molecule has 0 spiro atoms. The molecule has 8 heteroatoms. The standard InChI is InChI=1S/C25H29FN4O3/c1-15(25(3)13-29(14-25)8-9-31)18-10-21-22(11-19(18)17-6-4-5-7-20(17)26)33-12-23-27-28-24(32)16(2)30(21)23/h4-7,10-11,15-16,31H,8-9,12-14H2,1-3H3,(H,28,32)/t15-,16-/m1/s1. The van der Waals surface area contributed by atoms with Crippen LogP contribution in [0.2, 0.25) is 0 Å². The highest BCUT2D eigenvalue weighted by Crippen LogP contribution is 2.49. The zero-order valence-electron chi connectivity index (χ0n) is 19.1. The average Bonchev–Trinajstić information content (AvgIpc) is 2.79. The van der Waals surface area contributed by atoms with Gasteiger partial charge in [-0.3, -0.25) is 9.69 Å². The minimum atomic E-state index is -0.429. The molecule has 3 heterocycles. The first-order chi connectivity index (χ1) is 15.8. The van der Waals surface area contributed by atoms with Crippen molar-refractivity contribution in [2.75, 3.05) is 37.7 Å². The maximum Gasteiger partial charge on any atom is 0.262 e. The van der Waals surface area contributed by atoms with Crippen LogP contribution in [0.25, 0.3) is 11.1 Å². The van der Waals surface area contributed by atoms with Crippen LogP contribution >= 0.6 is 0 Å². The SMILES string of the molecule is C[C@@H]1C(=O)NN=C2COc3cc(-c4ccccc4F)c([C@@H](C)C4(C)CN(CCO)C4)cc3N21. The van der Waals surface area contributed by atoms with Gasteiger partial charge in [-0.05, 0) is 47.6 Å². The third kappa shape index (κ3) is 3.57. The lowest BCUT2D eigenvalue weighted by atomic mass is 9.67. The Balaban J connectivity index is 1.64. The number of amidine groups is 1. The number of fused-ring (bicyclic) bond motifs is 3. The Morgan fingerprint density at radius 1 is 1.30 bits per heavy atom. The molecule has 2 aromatic rings. The fourth-order valence-corrected chi connectivity index (χ4v) is 5.28. The Morgan fingerprint density at radius 3 is 2.79 bits per heavy atom. The Labute approximate surface area is 192 Å². The molecule has 0 aromatic heterocycles. The van der Waals surface area contributed by atoms with Crippen molar-refractivity contribution in [2.24, 2.45) is 10.5 Å². The van der Waals surface area contributed by atoms with E-state index in [2.05, 4.69) is 29.3 Å². The van der Waals surface area contributed by atoms with E-state index in [0.29, 0.717) is 23.7 Å². The number of carbonyl (C=O) groups excluding carboxylic acids is 1. The molecule has 3 aliphatic heterocycles. The summed E-state index contributed by atoms with van der Waals surface area (Å²) in [6, 6.07) is 10.3. The quantitative estimate of drug-likeness (QED) is 0.730. The number of anilines is 1. The predicted octanol–water partition coefficient (Wildman–Crippen LogP) is 2.94. The first-order valence-corrected chi connectivity index (χ1v) is 11.4. The van der Waals surface area contributed by atoms with Gasteiger partial charge in [-0.1, -0.05) is 32.0 Å². The van der Waals surface area contributed by atoms with E-state index in [1.807, 2.05) is 30.0 Å². The lowest BCUT2D eigenvalue weighted by Crippen LogP contribution is -2.57. The van der Waals surface area contributed by atoms with Gasteiger partial charge >= 0.3 is 0 Å². The van der Waals surface area contributed by atoms with Crippen LogP contribution in [0.4, 0.5) is 10.1 Å². The molecule has 2 aromatic carbocycles. The van der Waals surface area contributed by atoms with Crippen molar-refractivity contribution in [1.29, 1.82) is 0 Å². The van der Waals surface area contributed by atoms with Gasteiger partial charge in [0.05, 0.1) is 12.3 Å². The summed E-state index contributed by atoms with van der Waals surface area (Å²) in [6.07, 6.45) is 0. The number of carbonyl (C=O) groups is 1. The molecule has 0 saturated carbocycles. The number of aliphatic hydroxyl groups is 1. The molecule has 0 aliphatic carbocycles. The summed E-state index contributed by atoms with van der Waals surface area (Å²) in [5.41, 5.74) is 5.65. The van der Waals surface area contributed by atoms with Crippen molar-refractivity contribution >= 4 is 17.4 Å². The number of amides is 1. The highest BCUT2D eigenvalue weighted by molar-refractivity contribution is 6.09. The molecule has 7 nitrogen and oxygen atoms in total. The van der Waals surface area contributed by atoms with Crippen LogP contribution in [0, 0.1) is 11.2 Å². The summed E-state index contributed by atoms with van der Waals surface area (Å²) in [7, 11) is 0. The van der Waals surface area contributed by atoms with E-state index < -0.39 is 6.04 Å². The zero-order valence-corrected chi connectivity index (χ0v) is 19.1. The topological polar surface area (TPSA) is 77.4 Å². The van der Waals surface area contributed by atoms with Crippen LogP contribution in [0.3, 0.4) is 0 Å². The van der Waals surface area contributed by atoms with Crippen LogP contribution in [-0.4, -0.2) is 60.6 Å². The summed E-state index contributed by atoms with van der Waals surface area (Å²) in [5, 5.41) is 13.5. The minimum absolute atomic E-state index is 0.0270. The second kappa shape index (κ2) is 8.11. The van der Waals surface area contributed by atoms with Crippen LogP contribution in [0.1, 0.15) is 32.3 Å². The summed E-state index contributed by atoms with van der Waals surface area (Å²) < 4.78 is 20.9. The molecule has 5 rings (SSSR count). The Morgan fingerprint density at radius 2 is 2.06 bits per heavy atom. The first-order valence-electron chi connectivity index (χ1n) is 11.4. The van der Waals surface area contributed by atoms with E-state index in [-0.39, 0.29) is 36.3 Å². The van der Waals surface area contributed by atoms with E-state index >= 15 is 0 Å². The second-order valence-corrected chi connectivity index (χ2v) is 9.54. The number of rotatable bonds is 5. The fourth-order valence-electron chi connectivity index (χ4n) is 5.28. The number of halogens is 1. The van der Waals surface area contributed by atoms with E-state index in [1.54, 1.807) is 12.1 Å². The van der Waals surface area contributed by atoms with Gasteiger partial charge in [0.1, 0.15) is 24.2 Å². The number of nitrogens with one attached hydrogen (secondary N) is 1. The predicted molar refractivity (Wildman–Crippen MR) is 125 cm³/mol. The molecular weight excluding hydrogens is 423 g/mol. The third-order valence-electron chi connectivity index (χ3n) is 7.35. The number of ether oxygens (including phenoxy) is 1. The van der Waals surface area contributed by atoms with Crippen molar-refractivity contribution in [2.45, 2.75) is 32.7 Å². The van der Waals surface area contributed by atoms with Crippen molar-refractivity contribution in [3.05, 3.63) is 47.8 Å². The zero-order chi connectivity index (χ0) is 23.3. The molecule has 2 atom stereocenters. The Bertz CT molecular complexity index is 1130. The highest BCUT2D eigenvalue weighted by atomic mass is 19.1. The molecule has 0 bridgehead atoms. The molecule has 2 N–H and O–H groups in total. The molecule has 0 unspecified atom stereocenters. The molecule has 1 amide bonds. The fraction of sp³-hybridized carbons (Fsp3) is 0.440. The molecule has 3 aliphatic rings. The van der Waals surface area contributed by atoms with Crippen molar-refractivity contribution in [3.8, 4) is 16.9 Å².